The van der Waals surface area contributed by atoms with Crippen LogP contribution in [0, 0.1) is 0 Å². The van der Waals surface area contributed by atoms with E-state index >= 15 is 0 Å². The number of aromatic nitrogens is 1. The summed E-state index contributed by atoms with van der Waals surface area (Å²) in [5.41, 5.74) is 0.549. The van der Waals surface area contributed by atoms with E-state index in [1.165, 1.54) is 0 Å². The summed E-state index contributed by atoms with van der Waals surface area (Å²) < 4.78 is 11.4. The van der Waals surface area contributed by atoms with E-state index in [0.29, 0.717) is 28.5 Å². The zero-order valence-electron chi connectivity index (χ0n) is 14.7. The molecule has 0 bridgehead atoms. The Hall–Kier alpha value is -2.12. The van der Waals surface area contributed by atoms with E-state index in [9.17, 15) is 4.79 Å². The molecule has 136 valence electrons. The maximum Gasteiger partial charge on any atom is 0.256 e. The number of carbonyl (C=O) groups excluding carboxylic acids is 1. The fourth-order valence-corrected chi connectivity index (χ4v) is 4.53. The number of hydrogen-bond donors (Lipinski definition) is 0. The number of carbonyl (C=O) groups is 1. The number of rotatable bonds is 6. The number of pyridine rings is 1. The van der Waals surface area contributed by atoms with Crippen molar-refractivity contribution in [3.05, 3.63) is 54.4 Å². The molecule has 1 aromatic carbocycles. The van der Waals surface area contributed by atoms with Crippen LogP contribution in [0.1, 0.15) is 17.3 Å². The van der Waals surface area contributed by atoms with Crippen LogP contribution in [-0.2, 0) is 0 Å². The van der Waals surface area contributed by atoms with Crippen LogP contribution in [0.25, 0.3) is 0 Å². The summed E-state index contributed by atoms with van der Waals surface area (Å²) >= 11 is 7.19. The molecule has 26 heavy (non-hydrogen) atoms. The minimum absolute atomic E-state index is 0.0871. The number of nitrogens with zero attached hydrogens (tertiary/aromatic N) is 2. The van der Waals surface area contributed by atoms with E-state index in [1.54, 1.807) is 48.3 Å². The van der Waals surface area contributed by atoms with Gasteiger partial charge in [0, 0.05) is 29.6 Å². The van der Waals surface area contributed by atoms with Gasteiger partial charge in [-0.25, -0.2) is 0 Å². The molecule has 7 heteroatoms. The molecule has 2 heterocycles. The van der Waals surface area contributed by atoms with Crippen molar-refractivity contribution < 1.29 is 14.3 Å². The summed E-state index contributed by atoms with van der Waals surface area (Å²) in [6, 6.07) is 11.0. The van der Waals surface area contributed by atoms with Gasteiger partial charge in [0.15, 0.2) is 16.4 Å². The number of para-hydroxylation sites is 2. The molecule has 0 N–H and O–H groups in total. The van der Waals surface area contributed by atoms with Crippen LogP contribution in [0.3, 0.4) is 0 Å². The largest absolute Gasteiger partial charge is 0.493 e. The van der Waals surface area contributed by atoms with Crippen molar-refractivity contribution in [2.75, 3.05) is 26.0 Å². The Kier molecular flexibility index (Phi) is 5.78. The highest BCUT2D eigenvalue weighted by molar-refractivity contribution is 8.02. The lowest BCUT2D eigenvalue weighted by molar-refractivity contribution is 0.0683. The molecule has 1 aliphatic rings. The van der Waals surface area contributed by atoms with Crippen molar-refractivity contribution in [3.63, 3.8) is 0 Å². The third kappa shape index (κ3) is 3.54. The molecule has 1 unspecified atom stereocenters. The molecule has 0 aliphatic carbocycles. The van der Waals surface area contributed by atoms with Crippen molar-refractivity contribution in [1.82, 2.24) is 9.88 Å². The van der Waals surface area contributed by atoms with Gasteiger partial charge in [0.25, 0.3) is 5.91 Å². The van der Waals surface area contributed by atoms with Gasteiger partial charge in [-0.05, 0) is 31.2 Å². The van der Waals surface area contributed by atoms with E-state index in [0.717, 1.165) is 5.75 Å². The van der Waals surface area contributed by atoms with Gasteiger partial charge in [-0.3, -0.25) is 9.78 Å². The van der Waals surface area contributed by atoms with Gasteiger partial charge in [0.2, 0.25) is 0 Å². The minimum Gasteiger partial charge on any atom is -0.493 e. The molecule has 1 aliphatic heterocycles. The maximum atomic E-state index is 13.0. The predicted octanol–water partition coefficient (Wildman–Crippen LogP) is 3.44. The fraction of sp³-hybridized carbons (Fsp3) is 0.316. The van der Waals surface area contributed by atoms with Crippen LogP contribution in [0.5, 0.6) is 11.5 Å². The molecule has 1 aromatic heterocycles. The molecular formula is C19H20N2O3S2. The molecule has 0 spiro atoms. The van der Waals surface area contributed by atoms with Gasteiger partial charge in [-0.2, -0.15) is 0 Å². The number of methoxy groups -OCH3 is 1. The Labute approximate surface area is 162 Å². The van der Waals surface area contributed by atoms with E-state index in [1.807, 2.05) is 31.2 Å². The van der Waals surface area contributed by atoms with Crippen molar-refractivity contribution in [3.8, 4) is 11.5 Å². The van der Waals surface area contributed by atoms with Gasteiger partial charge in [-0.15, -0.1) is 11.8 Å². The smallest absolute Gasteiger partial charge is 0.256 e. The highest BCUT2D eigenvalue weighted by Crippen LogP contribution is 2.40. The first kappa shape index (κ1) is 18.7. The lowest BCUT2D eigenvalue weighted by Gasteiger charge is -2.37. The standard InChI is InChI=1S/C19H20N2O3S2/c1-14(25)19(13-24-17-8-4-3-7-16(17)23-2)21(10-11-26-19)18(22)15-6-5-9-20-12-15/h3-9,12H,10-11,13H2,1-2H3. The Balaban J connectivity index is 1.86. The number of amides is 1. The van der Waals surface area contributed by atoms with Crippen LogP contribution in [0.2, 0.25) is 0 Å². The summed E-state index contributed by atoms with van der Waals surface area (Å²) in [7, 11) is 1.60. The third-order valence-corrected chi connectivity index (χ3v) is 6.26. The second-order valence-corrected chi connectivity index (χ2v) is 7.81. The van der Waals surface area contributed by atoms with E-state index in [-0.39, 0.29) is 12.5 Å². The van der Waals surface area contributed by atoms with Gasteiger partial charge in [0.05, 0.1) is 12.7 Å². The summed E-state index contributed by atoms with van der Waals surface area (Å²) in [5, 5.41) is 0. The Morgan fingerprint density at radius 1 is 1.31 bits per heavy atom. The highest BCUT2D eigenvalue weighted by Gasteiger charge is 2.47. The lowest BCUT2D eigenvalue weighted by Crippen LogP contribution is -2.53. The van der Waals surface area contributed by atoms with E-state index in [2.05, 4.69) is 4.98 Å². The Morgan fingerprint density at radius 3 is 2.73 bits per heavy atom. The zero-order valence-corrected chi connectivity index (χ0v) is 16.3. The maximum absolute atomic E-state index is 13.0. The molecular weight excluding hydrogens is 368 g/mol. The molecule has 5 nitrogen and oxygen atoms in total. The first-order valence-corrected chi connectivity index (χ1v) is 9.60. The average Bonchev–Trinajstić information content (AvgIpc) is 3.12. The molecule has 0 radical (unpaired) electrons. The topological polar surface area (TPSA) is 51.7 Å². The fourth-order valence-electron chi connectivity index (χ4n) is 2.90. The Morgan fingerprint density at radius 2 is 2.08 bits per heavy atom. The minimum atomic E-state index is -0.691. The van der Waals surface area contributed by atoms with Crippen LogP contribution in [-0.4, -0.2) is 51.5 Å². The van der Waals surface area contributed by atoms with Crippen LogP contribution in [0.4, 0.5) is 0 Å². The van der Waals surface area contributed by atoms with Crippen LogP contribution in [0.15, 0.2) is 48.8 Å². The highest BCUT2D eigenvalue weighted by atomic mass is 32.2. The lowest BCUT2D eigenvalue weighted by atomic mass is 10.1. The van der Waals surface area contributed by atoms with Crippen molar-refractivity contribution in [2.24, 2.45) is 0 Å². The Bertz CT molecular complexity index is 800. The molecule has 1 atom stereocenters. The van der Waals surface area contributed by atoms with E-state index < -0.39 is 4.87 Å². The van der Waals surface area contributed by atoms with Crippen molar-refractivity contribution in [2.45, 2.75) is 11.8 Å². The molecule has 0 saturated carbocycles. The van der Waals surface area contributed by atoms with Crippen LogP contribution < -0.4 is 9.47 Å². The molecule has 3 rings (SSSR count). The van der Waals surface area contributed by atoms with Crippen LogP contribution >= 0.6 is 24.0 Å². The third-order valence-electron chi connectivity index (χ3n) is 4.29. The monoisotopic (exact) mass is 388 g/mol. The number of benzene rings is 1. The summed E-state index contributed by atoms with van der Waals surface area (Å²) in [5.74, 6) is 2.00. The summed E-state index contributed by atoms with van der Waals surface area (Å²) in [6.45, 7) is 2.74. The van der Waals surface area contributed by atoms with Crippen molar-refractivity contribution >= 4 is 34.8 Å². The van der Waals surface area contributed by atoms with Gasteiger partial charge >= 0.3 is 0 Å². The molecule has 1 fully saturated rings. The van der Waals surface area contributed by atoms with Gasteiger partial charge < -0.3 is 14.4 Å². The SMILES string of the molecule is COc1ccccc1OCC1(C(C)=S)SCCN1C(=O)c1cccnc1. The second kappa shape index (κ2) is 8.05. The number of hydrogen-bond acceptors (Lipinski definition) is 6. The average molecular weight is 389 g/mol. The van der Waals surface area contributed by atoms with Crippen molar-refractivity contribution in [1.29, 1.82) is 0 Å². The number of ether oxygens (including phenoxy) is 2. The summed E-state index contributed by atoms with van der Waals surface area (Å²) in [4.78, 5) is 18.9. The first-order chi connectivity index (χ1) is 12.6. The van der Waals surface area contributed by atoms with Gasteiger partial charge in [-0.1, -0.05) is 24.4 Å². The second-order valence-electron chi connectivity index (χ2n) is 5.83. The number of thiocarbonyl (C=S) groups is 1. The van der Waals surface area contributed by atoms with E-state index in [4.69, 9.17) is 21.7 Å². The molecule has 1 amide bonds. The predicted molar refractivity (Wildman–Crippen MR) is 107 cm³/mol. The molecule has 1 saturated heterocycles. The quantitative estimate of drug-likeness (QED) is 0.707. The molecule has 2 aromatic rings. The zero-order chi connectivity index (χ0) is 18.6. The normalized spacial score (nSPS) is 19.2. The summed E-state index contributed by atoms with van der Waals surface area (Å²) in [6.07, 6.45) is 3.23. The number of thioether (sulfide) groups is 1. The first-order valence-electron chi connectivity index (χ1n) is 8.21. The van der Waals surface area contributed by atoms with Gasteiger partial charge in [0.1, 0.15) is 6.61 Å².